The fourth-order valence-corrected chi connectivity index (χ4v) is 4.82. The van der Waals surface area contributed by atoms with Crippen LogP contribution in [0.1, 0.15) is 32.0 Å². The predicted molar refractivity (Wildman–Crippen MR) is 157 cm³/mol. The molecule has 11 nitrogen and oxygen atoms in total. The van der Waals surface area contributed by atoms with E-state index >= 15 is 4.39 Å². The summed E-state index contributed by atoms with van der Waals surface area (Å²) in [5.74, 6) is -2.63. The number of hydrogen-bond acceptors (Lipinski definition) is 8. The molecule has 0 aliphatic heterocycles. The topological polar surface area (TPSA) is 148 Å². The molecule has 0 bridgehead atoms. The van der Waals surface area contributed by atoms with Gasteiger partial charge in [0.15, 0.2) is 23.1 Å². The Hall–Kier alpha value is -5.85. The molecule has 5 aromatic rings. The Morgan fingerprint density at radius 2 is 1.64 bits per heavy atom. The maximum Gasteiger partial charge on any atom is 0.268 e. The minimum absolute atomic E-state index is 0.00250. The summed E-state index contributed by atoms with van der Waals surface area (Å²) >= 11 is 0. The van der Waals surface area contributed by atoms with Crippen LogP contribution in [0.25, 0.3) is 16.7 Å². The lowest BCUT2D eigenvalue weighted by Gasteiger charge is -2.18. The smallest absolute Gasteiger partial charge is 0.268 e. The molecule has 0 saturated heterocycles. The summed E-state index contributed by atoms with van der Waals surface area (Å²) in [7, 11) is 2.88. The van der Waals surface area contributed by atoms with E-state index in [9.17, 15) is 18.8 Å². The number of methoxy groups -OCH3 is 2. The Bertz CT molecular complexity index is 2010. The third kappa shape index (κ3) is 5.38. The first kappa shape index (κ1) is 29.6. The van der Waals surface area contributed by atoms with Crippen LogP contribution in [0.2, 0.25) is 0 Å². The van der Waals surface area contributed by atoms with Crippen LogP contribution in [0, 0.1) is 25.5 Å². The number of halogens is 2. The lowest BCUT2D eigenvalue weighted by atomic mass is 10.00. The minimum Gasteiger partial charge on any atom is -0.491 e. The van der Waals surface area contributed by atoms with Crippen molar-refractivity contribution in [1.82, 2.24) is 14.5 Å². The molecule has 3 heterocycles. The molecule has 0 unspecified atom stereocenters. The van der Waals surface area contributed by atoms with Crippen LogP contribution in [0.3, 0.4) is 0 Å². The number of amides is 2. The van der Waals surface area contributed by atoms with Gasteiger partial charge in [0.25, 0.3) is 23.3 Å². The number of fused-ring (bicyclic) bond motifs is 1. The number of primary amides is 1. The maximum absolute atomic E-state index is 15.2. The van der Waals surface area contributed by atoms with Gasteiger partial charge in [-0.1, -0.05) is 0 Å². The fraction of sp³-hybridized carbons (Fsp3) is 0.129. The van der Waals surface area contributed by atoms with E-state index in [-0.39, 0.29) is 45.6 Å². The second-order valence-electron chi connectivity index (χ2n) is 9.52. The van der Waals surface area contributed by atoms with Gasteiger partial charge in [-0.2, -0.15) is 0 Å². The SMILES string of the molecule is COc1cc2nccc(Oc3ccc(NC(=O)c4c(C)c(C(N)=O)c(C)n(-c5ccc(F)cc5)c4=O)cc3F)c2nc1OC. The maximum atomic E-state index is 15.2. The molecular weight excluding hydrogens is 576 g/mol. The zero-order chi connectivity index (χ0) is 31.7. The number of anilines is 1. The van der Waals surface area contributed by atoms with E-state index in [1.165, 1.54) is 64.6 Å². The molecule has 224 valence electrons. The van der Waals surface area contributed by atoms with Gasteiger partial charge in [-0.3, -0.25) is 23.9 Å². The molecule has 13 heteroatoms. The van der Waals surface area contributed by atoms with Gasteiger partial charge in [0.2, 0.25) is 0 Å². The van der Waals surface area contributed by atoms with Crippen LogP contribution in [-0.2, 0) is 0 Å². The third-order valence-electron chi connectivity index (χ3n) is 6.85. The molecule has 44 heavy (non-hydrogen) atoms. The summed E-state index contributed by atoms with van der Waals surface area (Å²) in [5, 5.41) is 2.49. The van der Waals surface area contributed by atoms with Crippen molar-refractivity contribution in [2.45, 2.75) is 13.8 Å². The molecule has 0 aliphatic carbocycles. The molecule has 0 spiro atoms. The van der Waals surface area contributed by atoms with E-state index < -0.39 is 34.6 Å². The van der Waals surface area contributed by atoms with E-state index in [0.717, 1.165) is 22.8 Å². The van der Waals surface area contributed by atoms with E-state index in [0.29, 0.717) is 16.8 Å². The lowest BCUT2D eigenvalue weighted by Crippen LogP contribution is -2.34. The first-order chi connectivity index (χ1) is 21.0. The largest absolute Gasteiger partial charge is 0.491 e. The summed E-state index contributed by atoms with van der Waals surface area (Å²) in [5.41, 5.74) is 5.50. The van der Waals surface area contributed by atoms with Gasteiger partial charge in [0.05, 0.1) is 25.3 Å². The van der Waals surface area contributed by atoms with Crippen molar-refractivity contribution < 1.29 is 32.6 Å². The molecule has 0 radical (unpaired) electrons. The molecule has 0 aliphatic rings. The van der Waals surface area contributed by atoms with Crippen LogP contribution in [-0.4, -0.2) is 40.6 Å². The highest BCUT2D eigenvalue weighted by Gasteiger charge is 2.25. The molecule has 3 aromatic heterocycles. The van der Waals surface area contributed by atoms with Crippen LogP contribution < -0.4 is 30.8 Å². The van der Waals surface area contributed by atoms with Crippen molar-refractivity contribution >= 4 is 28.5 Å². The summed E-state index contributed by atoms with van der Waals surface area (Å²) in [6.45, 7) is 2.90. The van der Waals surface area contributed by atoms with Crippen LogP contribution >= 0.6 is 0 Å². The van der Waals surface area contributed by atoms with Crippen LogP contribution in [0.15, 0.2) is 65.6 Å². The number of pyridine rings is 3. The number of carbonyl (C=O) groups excluding carboxylic acids is 2. The highest BCUT2D eigenvalue weighted by molar-refractivity contribution is 6.07. The Balaban J connectivity index is 1.48. The number of nitrogens with two attached hydrogens (primary N) is 1. The van der Waals surface area contributed by atoms with Crippen molar-refractivity contribution in [3.63, 3.8) is 0 Å². The van der Waals surface area contributed by atoms with Gasteiger partial charge in [-0.05, 0) is 55.8 Å². The van der Waals surface area contributed by atoms with Crippen molar-refractivity contribution in [2.24, 2.45) is 5.73 Å². The minimum atomic E-state index is -0.913. The number of nitrogens with one attached hydrogen (secondary N) is 1. The van der Waals surface area contributed by atoms with Gasteiger partial charge in [-0.25, -0.2) is 13.8 Å². The normalized spacial score (nSPS) is 10.9. The first-order valence-electron chi connectivity index (χ1n) is 13.0. The second kappa shape index (κ2) is 11.8. The Labute approximate surface area is 248 Å². The number of ether oxygens (including phenoxy) is 3. The standard InChI is InChI=1S/C31H25F2N5O6/c1-15-25(28(34)39)16(2)38(19-8-5-17(32)6-9-19)31(41)26(15)29(40)36-18-7-10-22(20(33)13-18)44-23-11-12-35-21-14-24(42-3)30(43-4)37-27(21)23/h5-14H,1-4H3,(H2,34,39)(H,36,40). The molecule has 0 saturated carbocycles. The van der Waals surface area contributed by atoms with Gasteiger partial charge in [0, 0.05) is 41.5 Å². The van der Waals surface area contributed by atoms with Gasteiger partial charge in [0.1, 0.15) is 16.9 Å². The van der Waals surface area contributed by atoms with Crippen molar-refractivity contribution in [3.05, 3.63) is 105 Å². The summed E-state index contributed by atoms with van der Waals surface area (Å²) in [6.07, 6.45) is 1.46. The number of rotatable bonds is 8. The Morgan fingerprint density at radius 1 is 0.909 bits per heavy atom. The number of hydrogen-bond donors (Lipinski definition) is 2. The van der Waals surface area contributed by atoms with Crippen LogP contribution in [0.5, 0.6) is 23.1 Å². The molecule has 3 N–H and O–H groups in total. The Morgan fingerprint density at radius 3 is 2.27 bits per heavy atom. The number of aromatic nitrogens is 3. The second-order valence-corrected chi connectivity index (χ2v) is 9.52. The van der Waals surface area contributed by atoms with E-state index in [4.69, 9.17) is 19.9 Å². The Kier molecular flexibility index (Phi) is 7.95. The number of carbonyl (C=O) groups is 2. The molecule has 0 atom stereocenters. The lowest BCUT2D eigenvalue weighted by molar-refractivity contribution is 0.0998. The van der Waals surface area contributed by atoms with E-state index in [1.807, 2.05) is 0 Å². The number of benzene rings is 2. The molecule has 2 aromatic carbocycles. The van der Waals surface area contributed by atoms with Gasteiger partial charge in [-0.15, -0.1) is 0 Å². The zero-order valence-corrected chi connectivity index (χ0v) is 23.9. The highest BCUT2D eigenvalue weighted by atomic mass is 19.1. The monoisotopic (exact) mass is 601 g/mol. The summed E-state index contributed by atoms with van der Waals surface area (Å²) in [6, 6.07) is 11.7. The molecule has 0 fully saturated rings. The average Bonchev–Trinajstić information content (AvgIpc) is 2.98. The van der Waals surface area contributed by atoms with E-state index in [1.54, 1.807) is 6.07 Å². The van der Waals surface area contributed by atoms with Gasteiger partial charge >= 0.3 is 0 Å². The zero-order valence-electron chi connectivity index (χ0n) is 23.9. The van der Waals surface area contributed by atoms with Gasteiger partial charge < -0.3 is 25.3 Å². The van der Waals surface area contributed by atoms with E-state index in [2.05, 4.69) is 15.3 Å². The first-order valence-corrected chi connectivity index (χ1v) is 13.0. The highest BCUT2D eigenvalue weighted by Crippen LogP contribution is 2.35. The quantitative estimate of drug-likeness (QED) is 0.257. The van der Waals surface area contributed by atoms with Crippen molar-refractivity contribution in [3.8, 4) is 28.8 Å². The summed E-state index contributed by atoms with van der Waals surface area (Å²) < 4.78 is 46.2. The fourth-order valence-electron chi connectivity index (χ4n) is 4.82. The average molecular weight is 602 g/mol. The molecule has 5 rings (SSSR count). The van der Waals surface area contributed by atoms with Crippen molar-refractivity contribution in [2.75, 3.05) is 19.5 Å². The molecule has 2 amide bonds. The third-order valence-corrected chi connectivity index (χ3v) is 6.85. The van der Waals surface area contributed by atoms with Crippen molar-refractivity contribution in [1.29, 1.82) is 0 Å². The predicted octanol–water partition coefficient (Wildman–Crippen LogP) is 4.84. The van der Waals surface area contributed by atoms with Crippen LogP contribution in [0.4, 0.5) is 14.5 Å². The molecular formula is C31H25F2N5O6. The number of nitrogens with zero attached hydrogens (tertiary/aromatic N) is 3. The summed E-state index contributed by atoms with van der Waals surface area (Å²) in [4.78, 5) is 47.9.